The van der Waals surface area contributed by atoms with Crippen LogP contribution >= 0.6 is 0 Å². The Bertz CT molecular complexity index is 271. The summed E-state index contributed by atoms with van der Waals surface area (Å²) in [6.45, 7) is 10.5. The quantitative estimate of drug-likeness (QED) is 0.748. The predicted molar refractivity (Wildman–Crippen MR) is 66.5 cm³/mol. The van der Waals surface area contributed by atoms with Gasteiger partial charge in [0, 0.05) is 23.2 Å². The van der Waals surface area contributed by atoms with E-state index < -0.39 is 12.0 Å². The van der Waals surface area contributed by atoms with Crippen molar-refractivity contribution in [3.63, 3.8) is 0 Å². The van der Waals surface area contributed by atoms with Crippen LogP contribution in [0.25, 0.3) is 0 Å². The number of nitrogens with one attached hydrogen (secondary N) is 2. The standard InChI is InChI=1S/C13H26N2O2/c1-6-10(11(16)17)14-9-7-12(2,3)15-13(4,5)8-9/h9-10,14-15H,6-8H2,1-5H3,(H,16,17)/p-1. The molecule has 100 valence electrons. The molecule has 0 spiro atoms. The average Bonchev–Trinajstić information content (AvgIpc) is 2.08. The second-order valence-corrected chi connectivity index (χ2v) is 6.44. The second-order valence-electron chi connectivity index (χ2n) is 6.44. The van der Waals surface area contributed by atoms with Crippen LogP contribution in [-0.4, -0.2) is 29.1 Å². The predicted octanol–water partition coefficient (Wildman–Crippen LogP) is 0.414. The van der Waals surface area contributed by atoms with Crippen LogP contribution < -0.4 is 15.7 Å². The summed E-state index contributed by atoms with van der Waals surface area (Å²) < 4.78 is 0. The van der Waals surface area contributed by atoms with E-state index in [9.17, 15) is 9.90 Å². The lowest BCUT2D eigenvalue weighted by molar-refractivity contribution is -0.308. The molecule has 1 aliphatic heterocycles. The number of rotatable bonds is 4. The first kappa shape index (κ1) is 14.5. The first-order valence-electron chi connectivity index (χ1n) is 6.41. The van der Waals surface area contributed by atoms with Gasteiger partial charge in [0.05, 0.1) is 5.97 Å². The van der Waals surface area contributed by atoms with Crippen molar-refractivity contribution < 1.29 is 9.90 Å². The van der Waals surface area contributed by atoms with Gasteiger partial charge in [0.1, 0.15) is 0 Å². The molecule has 1 heterocycles. The van der Waals surface area contributed by atoms with Gasteiger partial charge in [-0.15, -0.1) is 0 Å². The highest BCUT2D eigenvalue weighted by atomic mass is 16.4. The SMILES string of the molecule is CCC(NC1CC(C)(C)NC(C)(C)C1)C(=O)[O-]. The van der Waals surface area contributed by atoms with Crippen molar-refractivity contribution in [1.29, 1.82) is 0 Å². The van der Waals surface area contributed by atoms with Gasteiger partial charge in [-0.3, -0.25) is 0 Å². The van der Waals surface area contributed by atoms with E-state index in [-0.39, 0.29) is 17.1 Å². The monoisotopic (exact) mass is 241 g/mol. The largest absolute Gasteiger partial charge is 0.548 e. The van der Waals surface area contributed by atoms with Gasteiger partial charge in [-0.25, -0.2) is 0 Å². The summed E-state index contributed by atoms with van der Waals surface area (Å²) in [6, 6.07) is -0.311. The van der Waals surface area contributed by atoms with Gasteiger partial charge >= 0.3 is 0 Å². The van der Waals surface area contributed by atoms with E-state index >= 15 is 0 Å². The van der Waals surface area contributed by atoms with E-state index in [1.54, 1.807) is 0 Å². The molecule has 1 rings (SSSR count). The third-order valence-electron chi connectivity index (χ3n) is 3.32. The van der Waals surface area contributed by atoms with Crippen LogP contribution in [0, 0.1) is 0 Å². The van der Waals surface area contributed by atoms with Gasteiger partial charge in [-0.1, -0.05) is 6.92 Å². The lowest BCUT2D eigenvalue weighted by atomic mass is 9.79. The van der Waals surface area contributed by atoms with Gasteiger partial charge in [-0.05, 0) is 47.0 Å². The minimum absolute atomic E-state index is 0.0314. The van der Waals surface area contributed by atoms with Crippen LogP contribution in [0.1, 0.15) is 53.9 Å². The van der Waals surface area contributed by atoms with E-state index in [1.807, 2.05) is 6.92 Å². The molecular weight excluding hydrogens is 216 g/mol. The number of piperidine rings is 1. The van der Waals surface area contributed by atoms with E-state index in [4.69, 9.17) is 0 Å². The Balaban J connectivity index is 2.68. The average molecular weight is 241 g/mol. The van der Waals surface area contributed by atoms with Gasteiger partial charge in [0.2, 0.25) is 0 Å². The molecule has 1 unspecified atom stereocenters. The number of carbonyl (C=O) groups is 1. The van der Waals surface area contributed by atoms with Crippen molar-refractivity contribution in [1.82, 2.24) is 10.6 Å². The molecule has 0 aromatic heterocycles. The molecule has 4 heteroatoms. The van der Waals surface area contributed by atoms with Crippen molar-refractivity contribution in [3.05, 3.63) is 0 Å². The lowest BCUT2D eigenvalue weighted by Crippen LogP contribution is -2.63. The van der Waals surface area contributed by atoms with E-state index in [0.29, 0.717) is 6.42 Å². The summed E-state index contributed by atoms with van der Waals surface area (Å²) in [6.07, 6.45) is 2.42. The zero-order valence-electron chi connectivity index (χ0n) is 11.6. The summed E-state index contributed by atoms with van der Waals surface area (Å²) in [4.78, 5) is 10.9. The molecule has 1 atom stereocenters. The van der Waals surface area contributed by atoms with Crippen LogP contribution in [0.3, 0.4) is 0 Å². The normalized spacial score (nSPS) is 25.5. The number of hydrogen-bond donors (Lipinski definition) is 2. The maximum absolute atomic E-state index is 10.9. The summed E-state index contributed by atoms with van der Waals surface area (Å²) >= 11 is 0. The number of carboxylic acid groups (broad SMARTS) is 1. The maximum atomic E-state index is 10.9. The molecule has 2 N–H and O–H groups in total. The minimum Gasteiger partial charge on any atom is -0.548 e. The van der Waals surface area contributed by atoms with Crippen molar-refractivity contribution >= 4 is 5.97 Å². The molecule has 17 heavy (non-hydrogen) atoms. The molecular formula is C13H25N2O2-. The summed E-state index contributed by atoms with van der Waals surface area (Å²) in [5, 5.41) is 17.7. The zero-order chi connectivity index (χ0) is 13.3. The fourth-order valence-corrected chi connectivity index (χ4v) is 3.08. The highest BCUT2D eigenvalue weighted by molar-refractivity contribution is 5.71. The van der Waals surface area contributed by atoms with Crippen molar-refractivity contribution in [3.8, 4) is 0 Å². The fraction of sp³-hybridized carbons (Fsp3) is 0.923. The maximum Gasteiger partial charge on any atom is 0.0584 e. The van der Waals surface area contributed by atoms with Crippen LogP contribution in [0.2, 0.25) is 0 Å². The lowest BCUT2D eigenvalue weighted by Gasteiger charge is -2.47. The molecule has 0 aliphatic carbocycles. The number of hydrogen-bond acceptors (Lipinski definition) is 4. The summed E-state index contributed by atoms with van der Waals surface area (Å²) in [5.41, 5.74) is 0.0628. The second kappa shape index (κ2) is 4.94. The van der Waals surface area contributed by atoms with Crippen molar-refractivity contribution in [2.24, 2.45) is 0 Å². The zero-order valence-corrected chi connectivity index (χ0v) is 11.6. The Morgan fingerprint density at radius 1 is 1.35 bits per heavy atom. The molecule has 0 aromatic rings. The van der Waals surface area contributed by atoms with Gasteiger partial charge in [0.15, 0.2) is 0 Å². The Kier molecular flexibility index (Phi) is 4.20. The molecule has 0 radical (unpaired) electrons. The number of carbonyl (C=O) groups excluding carboxylic acids is 1. The molecule has 1 saturated heterocycles. The van der Waals surface area contributed by atoms with Gasteiger partial charge in [0.25, 0.3) is 0 Å². The van der Waals surface area contributed by atoms with Gasteiger partial charge in [-0.2, -0.15) is 0 Å². The molecule has 1 fully saturated rings. The molecule has 0 amide bonds. The first-order valence-corrected chi connectivity index (χ1v) is 6.41. The van der Waals surface area contributed by atoms with E-state index in [1.165, 1.54) is 0 Å². The highest BCUT2D eigenvalue weighted by Gasteiger charge is 2.38. The smallest absolute Gasteiger partial charge is 0.0584 e. The molecule has 0 bridgehead atoms. The van der Waals surface area contributed by atoms with Gasteiger partial charge < -0.3 is 20.5 Å². The van der Waals surface area contributed by atoms with Crippen molar-refractivity contribution in [2.45, 2.75) is 77.0 Å². The summed E-state index contributed by atoms with van der Waals surface area (Å²) in [7, 11) is 0. The van der Waals surface area contributed by atoms with Crippen LogP contribution in [0.15, 0.2) is 0 Å². The number of aliphatic carboxylic acids is 1. The first-order chi connectivity index (χ1) is 7.65. The molecule has 4 nitrogen and oxygen atoms in total. The van der Waals surface area contributed by atoms with Crippen molar-refractivity contribution in [2.75, 3.05) is 0 Å². The highest BCUT2D eigenvalue weighted by Crippen LogP contribution is 2.28. The minimum atomic E-state index is -0.998. The Morgan fingerprint density at radius 3 is 2.18 bits per heavy atom. The van der Waals surface area contributed by atoms with E-state index in [0.717, 1.165) is 12.8 Å². The Labute approximate surface area is 104 Å². The van der Waals surface area contributed by atoms with Crippen LogP contribution in [-0.2, 0) is 4.79 Å². The third kappa shape index (κ3) is 4.28. The Morgan fingerprint density at radius 2 is 1.82 bits per heavy atom. The van der Waals surface area contributed by atoms with Crippen LogP contribution in [0.5, 0.6) is 0 Å². The van der Waals surface area contributed by atoms with E-state index in [2.05, 4.69) is 38.3 Å². The fourth-order valence-electron chi connectivity index (χ4n) is 3.08. The molecule has 0 saturated carbocycles. The number of carboxylic acids is 1. The topological polar surface area (TPSA) is 64.2 Å². The molecule has 1 aliphatic rings. The molecule has 0 aromatic carbocycles. The summed E-state index contributed by atoms with van der Waals surface area (Å²) in [5.74, 6) is -0.998. The van der Waals surface area contributed by atoms with Crippen LogP contribution in [0.4, 0.5) is 0 Å². The Hall–Kier alpha value is -0.610. The third-order valence-corrected chi connectivity index (χ3v) is 3.32.